The molecule has 3 heteroatoms. The van der Waals surface area contributed by atoms with Gasteiger partial charge in [0.2, 0.25) is 0 Å². The highest BCUT2D eigenvalue weighted by Crippen LogP contribution is 2.28. The monoisotopic (exact) mass is 237 g/mol. The maximum atomic E-state index is 5.40. The van der Waals surface area contributed by atoms with Gasteiger partial charge < -0.3 is 14.8 Å². The number of nitrogens with one attached hydrogen (secondary N) is 1. The van der Waals surface area contributed by atoms with Crippen LogP contribution < -0.4 is 10.1 Å². The largest absolute Gasteiger partial charge is 0.496 e. The number of benzene rings is 1. The van der Waals surface area contributed by atoms with E-state index in [2.05, 4.69) is 18.3 Å². The maximum absolute atomic E-state index is 5.40. The summed E-state index contributed by atoms with van der Waals surface area (Å²) >= 11 is 0. The highest BCUT2D eigenvalue weighted by Gasteiger charge is 2.16. The predicted octanol–water partition coefficient (Wildman–Crippen LogP) is 2.63. The topological polar surface area (TPSA) is 30.5 Å². The molecule has 1 N–H and O–H groups in total. The molecule has 0 spiro atoms. The summed E-state index contributed by atoms with van der Waals surface area (Å²) in [7, 11) is 5.44. The summed E-state index contributed by atoms with van der Waals surface area (Å²) in [5.74, 6) is 1.46. The molecule has 3 nitrogen and oxygen atoms in total. The minimum absolute atomic E-state index is 0.302. The maximum Gasteiger partial charge on any atom is 0.123 e. The van der Waals surface area contributed by atoms with Crippen LogP contribution in [-0.4, -0.2) is 27.9 Å². The van der Waals surface area contributed by atoms with Crippen molar-refractivity contribution in [1.29, 1.82) is 0 Å². The summed E-state index contributed by atoms with van der Waals surface area (Å²) in [5.41, 5.74) is 1.21. The predicted molar refractivity (Wildman–Crippen MR) is 70.5 cm³/mol. The Morgan fingerprint density at radius 2 is 1.94 bits per heavy atom. The second-order valence-electron chi connectivity index (χ2n) is 4.38. The number of hydrogen-bond acceptors (Lipinski definition) is 3. The van der Waals surface area contributed by atoms with Crippen LogP contribution in [0.25, 0.3) is 0 Å². The normalized spacial score (nSPS) is 14.4. The molecule has 0 aliphatic heterocycles. The molecule has 2 unspecified atom stereocenters. The number of hydrogen-bond donors (Lipinski definition) is 1. The Bertz CT molecular complexity index is 328. The van der Waals surface area contributed by atoms with Crippen LogP contribution >= 0.6 is 0 Å². The summed E-state index contributed by atoms with van der Waals surface area (Å²) in [6.07, 6.45) is 1.03. The van der Waals surface area contributed by atoms with Gasteiger partial charge in [-0.3, -0.25) is 0 Å². The van der Waals surface area contributed by atoms with E-state index in [0.29, 0.717) is 12.0 Å². The van der Waals surface area contributed by atoms with Crippen molar-refractivity contribution < 1.29 is 9.47 Å². The van der Waals surface area contributed by atoms with Crippen molar-refractivity contribution in [3.8, 4) is 5.75 Å². The third-order valence-electron chi connectivity index (χ3n) is 2.95. The molecule has 96 valence electrons. The van der Waals surface area contributed by atoms with Crippen molar-refractivity contribution in [3.63, 3.8) is 0 Å². The van der Waals surface area contributed by atoms with E-state index in [1.165, 1.54) is 5.56 Å². The van der Waals surface area contributed by atoms with Crippen LogP contribution in [-0.2, 0) is 4.74 Å². The van der Waals surface area contributed by atoms with Crippen molar-refractivity contribution in [1.82, 2.24) is 5.32 Å². The summed E-state index contributed by atoms with van der Waals surface area (Å²) < 4.78 is 10.6. The zero-order valence-corrected chi connectivity index (χ0v) is 11.2. The molecule has 0 radical (unpaired) electrons. The molecule has 0 fully saturated rings. The summed E-state index contributed by atoms with van der Waals surface area (Å²) in [4.78, 5) is 0. The zero-order chi connectivity index (χ0) is 12.7. The van der Waals surface area contributed by atoms with Gasteiger partial charge in [0.25, 0.3) is 0 Å². The molecule has 1 aromatic carbocycles. The first-order valence-corrected chi connectivity index (χ1v) is 6.02. The molecule has 0 bridgehead atoms. The minimum Gasteiger partial charge on any atom is -0.496 e. The van der Waals surface area contributed by atoms with Crippen molar-refractivity contribution in [2.75, 3.05) is 27.9 Å². The van der Waals surface area contributed by atoms with Crippen LogP contribution in [0.3, 0.4) is 0 Å². The molecule has 17 heavy (non-hydrogen) atoms. The average Bonchev–Trinajstić information content (AvgIpc) is 2.36. The molecule has 0 heterocycles. The van der Waals surface area contributed by atoms with Gasteiger partial charge in [0.05, 0.1) is 7.11 Å². The van der Waals surface area contributed by atoms with Crippen LogP contribution in [0.15, 0.2) is 24.3 Å². The van der Waals surface area contributed by atoms with Crippen LogP contribution in [0.1, 0.15) is 24.9 Å². The van der Waals surface area contributed by atoms with Gasteiger partial charge in [0.15, 0.2) is 0 Å². The second-order valence-corrected chi connectivity index (χ2v) is 4.38. The van der Waals surface area contributed by atoms with Crippen LogP contribution in [0.5, 0.6) is 5.75 Å². The molecule has 0 saturated carbocycles. The Morgan fingerprint density at radius 1 is 1.24 bits per heavy atom. The molecule has 1 rings (SSSR count). The van der Waals surface area contributed by atoms with E-state index in [1.807, 2.05) is 25.2 Å². The third kappa shape index (κ3) is 4.02. The van der Waals surface area contributed by atoms with E-state index in [0.717, 1.165) is 18.8 Å². The summed E-state index contributed by atoms with van der Waals surface area (Å²) in [6.45, 7) is 2.98. The quantitative estimate of drug-likeness (QED) is 0.790. The average molecular weight is 237 g/mol. The fourth-order valence-electron chi connectivity index (χ4n) is 2.11. The van der Waals surface area contributed by atoms with E-state index in [1.54, 1.807) is 14.2 Å². The first kappa shape index (κ1) is 14.0. The van der Waals surface area contributed by atoms with E-state index >= 15 is 0 Å². The van der Waals surface area contributed by atoms with Crippen LogP contribution in [0.2, 0.25) is 0 Å². The lowest BCUT2D eigenvalue weighted by molar-refractivity contribution is 0.149. The van der Waals surface area contributed by atoms with Gasteiger partial charge in [0.1, 0.15) is 5.75 Å². The van der Waals surface area contributed by atoms with Crippen molar-refractivity contribution >= 4 is 0 Å². The van der Waals surface area contributed by atoms with E-state index in [9.17, 15) is 0 Å². The van der Waals surface area contributed by atoms with Crippen LogP contribution in [0.4, 0.5) is 0 Å². The lowest BCUT2D eigenvalue weighted by Crippen LogP contribution is -2.21. The third-order valence-corrected chi connectivity index (χ3v) is 2.95. The van der Waals surface area contributed by atoms with Crippen molar-refractivity contribution in [2.24, 2.45) is 5.92 Å². The van der Waals surface area contributed by atoms with Gasteiger partial charge >= 0.3 is 0 Å². The van der Waals surface area contributed by atoms with E-state index in [-0.39, 0.29) is 0 Å². The number of methoxy groups -OCH3 is 2. The molecule has 0 aromatic heterocycles. The number of para-hydroxylation sites is 1. The number of rotatable bonds is 7. The Kier molecular flexibility index (Phi) is 6.01. The van der Waals surface area contributed by atoms with Gasteiger partial charge in [-0.1, -0.05) is 25.1 Å². The lowest BCUT2D eigenvalue weighted by Gasteiger charge is -2.22. The first-order chi connectivity index (χ1) is 8.22. The van der Waals surface area contributed by atoms with Gasteiger partial charge in [-0.05, 0) is 25.5 Å². The molecular formula is C14H23NO2. The van der Waals surface area contributed by atoms with Gasteiger partial charge in [0, 0.05) is 25.3 Å². The SMILES string of the molecule is CNC(CC(C)COC)c1ccccc1OC. The van der Waals surface area contributed by atoms with Crippen molar-refractivity contribution in [2.45, 2.75) is 19.4 Å². The highest BCUT2D eigenvalue weighted by atomic mass is 16.5. The van der Waals surface area contributed by atoms with Gasteiger partial charge in [-0.25, -0.2) is 0 Å². The Balaban J connectivity index is 2.78. The Morgan fingerprint density at radius 3 is 2.53 bits per heavy atom. The Labute approximate surface area is 104 Å². The lowest BCUT2D eigenvalue weighted by atomic mass is 9.96. The molecule has 2 atom stereocenters. The van der Waals surface area contributed by atoms with Crippen LogP contribution in [0, 0.1) is 5.92 Å². The molecular weight excluding hydrogens is 214 g/mol. The first-order valence-electron chi connectivity index (χ1n) is 6.02. The molecule has 0 amide bonds. The molecule has 0 saturated heterocycles. The number of ether oxygens (including phenoxy) is 2. The minimum atomic E-state index is 0.302. The van der Waals surface area contributed by atoms with E-state index in [4.69, 9.17) is 9.47 Å². The fourth-order valence-corrected chi connectivity index (χ4v) is 2.11. The molecule has 0 aliphatic carbocycles. The summed E-state index contributed by atoms with van der Waals surface area (Å²) in [6, 6.07) is 8.45. The highest BCUT2D eigenvalue weighted by molar-refractivity contribution is 5.35. The zero-order valence-electron chi connectivity index (χ0n) is 11.2. The molecule has 0 aliphatic rings. The van der Waals surface area contributed by atoms with E-state index < -0.39 is 0 Å². The van der Waals surface area contributed by atoms with Gasteiger partial charge in [-0.15, -0.1) is 0 Å². The van der Waals surface area contributed by atoms with Crippen molar-refractivity contribution in [3.05, 3.63) is 29.8 Å². The molecule has 1 aromatic rings. The Hall–Kier alpha value is -1.06. The standard InChI is InChI=1S/C14H23NO2/c1-11(10-16-3)9-13(15-2)12-7-5-6-8-14(12)17-4/h5-8,11,13,15H,9-10H2,1-4H3. The van der Waals surface area contributed by atoms with Gasteiger partial charge in [-0.2, -0.15) is 0 Å². The fraction of sp³-hybridized carbons (Fsp3) is 0.571. The smallest absolute Gasteiger partial charge is 0.123 e. The second kappa shape index (κ2) is 7.30. The summed E-state index contributed by atoms with van der Waals surface area (Å²) in [5, 5.41) is 3.35.